The Morgan fingerprint density at radius 1 is 1.33 bits per heavy atom. The predicted octanol–water partition coefficient (Wildman–Crippen LogP) is -1.72. The zero-order chi connectivity index (χ0) is 20.0. The number of nitrogens with one attached hydrogen (secondary N) is 3. The van der Waals surface area contributed by atoms with Gasteiger partial charge in [-0.2, -0.15) is 9.97 Å². The number of carboxylic acids is 1. The van der Waals surface area contributed by atoms with Crippen molar-refractivity contribution in [2.75, 3.05) is 31.2 Å². The molecule has 2 aromatic rings. The van der Waals surface area contributed by atoms with E-state index in [4.69, 9.17) is 11.5 Å². The Morgan fingerprint density at radius 3 is 2.70 bits per heavy atom. The van der Waals surface area contributed by atoms with E-state index in [1.807, 2.05) is 0 Å². The zero-order valence-corrected chi connectivity index (χ0v) is 15.0. The second kappa shape index (κ2) is 9.09. The summed E-state index contributed by atoms with van der Waals surface area (Å²) in [6.07, 6.45) is 1.83. The summed E-state index contributed by atoms with van der Waals surface area (Å²) in [4.78, 5) is 46.1. The van der Waals surface area contributed by atoms with Crippen LogP contribution in [0.3, 0.4) is 0 Å². The van der Waals surface area contributed by atoms with E-state index in [1.54, 1.807) is 7.05 Å². The summed E-state index contributed by atoms with van der Waals surface area (Å²) in [5.41, 5.74) is 10.0. The number of nitrogens with two attached hydrogens (primary N) is 2. The maximum absolute atomic E-state index is 12.2. The maximum atomic E-state index is 12.2. The van der Waals surface area contributed by atoms with Crippen molar-refractivity contribution in [1.29, 1.82) is 0 Å². The fourth-order valence-electron chi connectivity index (χ4n) is 2.67. The van der Waals surface area contributed by atoms with Gasteiger partial charge in [0.15, 0.2) is 5.65 Å². The second-order valence-electron chi connectivity index (χ2n) is 5.92. The van der Waals surface area contributed by atoms with Crippen LogP contribution in [0.1, 0.15) is 19.3 Å². The normalized spacial score (nSPS) is 12.2. The first-order valence-electron chi connectivity index (χ1n) is 8.53. The number of nitrogen functional groups attached to an aromatic ring is 1. The molecule has 148 valence electrons. The molecule has 2 rings (SSSR count). The third-order valence-electron chi connectivity index (χ3n) is 4.07. The highest BCUT2D eigenvalue weighted by Crippen LogP contribution is 2.11. The molecule has 8 N–H and O–H groups in total. The Morgan fingerprint density at radius 2 is 2.07 bits per heavy atom. The SMILES string of the molecule is CNc1nc2c(c(N)nc(=O)n2CCN[C@@H](CCCCN)C(=O)O)c(=O)[nH]1. The van der Waals surface area contributed by atoms with Gasteiger partial charge in [-0.05, 0) is 19.4 Å². The van der Waals surface area contributed by atoms with Crippen molar-refractivity contribution in [2.24, 2.45) is 5.73 Å². The Kier molecular flexibility index (Phi) is 6.85. The molecule has 0 radical (unpaired) electrons. The number of hydrogen-bond donors (Lipinski definition) is 6. The topological polar surface area (TPSA) is 194 Å². The fraction of sp³-hybridized carbons (Fsp3) is 0.533. The lowest BCUT2D eigenvalue weighted by molar-refractivity contribution is -0.139. The number of aromatic nitrogens is 4. The van der Waals surface area contributed by atoms with Gasteiger partial charge in [0.05, 0.1) is 0 Å². The number of aliphatic carboxylic acids is 1. The molecule has 0 amide bonds. The molecule has 0 unspecified atom stereocenters. The molecule has 27 heavy (non-hydrogen) atoms. The Bertz CT molecular complexity index is 922. The molecule has 0 saturated heterocycles. The third kappa shape index (κ3) is 4.80. The number of fused-ring (bicyclic) bond motifs is 1. The largest absolute Gasteiger partial charge is 0.480 e. The molecule has 0 aliphatic heterocycles. The molecule has 12 nitrogen and oxygen atoms in total. The lowest BCUT2D eigenvalue weighted by atomic mass is 10.1. The summed E-state index contributed by atoms with van der Waals surface area (Å²) in [6, 6.07) is -0.760. The molecule has 0 aliphatic carbocycles. The number of carbonyl (C=O) groups is 1. The fourth-order valence-corrected chi connectivity index (χ4v) is 2.67. The van der Waals surface area contributed by atoms with Crippen LogP contribution in [0.5, 0.6) is 0 Å². The second-order valence-corrected chi connectivity index (χ2v) is 5.92. The van der Waals surface area contributed by atoms with Gasteiger partial charge in [-0.1, -0.05) is 6.42 Å². The van der Waals surface area contributed by atoms with Crippen molar-refractivity contribution in [3.63, 3.8) is 0 Å². The number of anilines is 2. The van der Waals surface area contributed by atoms with Crippen LogP contribution in [0, 0.1) is 0 Å². The van der Waals surface area contributed by atoms with Gasteiger partial charge in [0.2, 0.25) is 5.95 Å². The minimum atomic E-state index is -0.980. The minimum absolute atomic E-state index is 0.00586. The lowest BCUT2D eigenvalue weighted by Gasteiger charge is -2.15. The molecule has 0 bridgehead atoms. The highest BCUT2D eigenvalue weighted by Gasteiger charge is 2.18. The molecule has 0 aliphatic rings. The number of unbranched alkanes of at least 4 members (excludes halogenated alkanes) is 1. The smallest absolute Gasteiger partial charge is 0.351 e. The summed E-state index contributed by atoms with van der Waals surface area (Å²) in [5.74, 6) is -1.02. The van der Waals surface area contributed by atoms with Crippen LogP contribution < -0.4 is 33.3 Å². The zero-order valence-electron chi connectivity index (χ0n) is 15.0. The summed E-state index contributed by atoms with van der Waals surface area (Å²) >= 11 is 0. The van der Waals surface area contributed by atoms with Crippen molar-refractivity contribution < 1.29 is 9.90 Å². The van der Waals surface area contributed by atoms with Crippen molar-refractivity contribution in [2.45, 2.75) is 31.8 Å². The molecule has 0 fully saturated rings. The van der Waals surface area contributed by atoms with Crippen molar-refractivity contribution in [3.8, 4) is 0 Å². The third-order valence-corrected chi connectivity index (χ3v) is 4.07. The average molecular weight is 380 g/mol. The first kappa shape index (κ1) is 20.3. The monoisotopic (exact) mass is 380 g/mol. The van der Waals surface area contributed by atoms with Gasteiger partial charge in [0.25, 0.3) is 5.56 Å². The van der Waals surface area contributed by atoms with Crippen LogP contribution in [0.2, 0.25) is 0 Å². The number of nitrogens with zero attached hydrogens (tertiary/aromatic N) is 3. The van der Waals surface area contributed by atoms with E-state index in [2.05, 4.69) is 25.6 Å². The predicted molar refractivity (Wildman–Crippen MR) is 101 cm³/mol. The van der Waals surface area contributed by atoms with Crippen LogP contribution in [-0.2, 0) is 11.3 Å². The highest BCUT2D eigenvalue weighted by molar-refractivity contribution is 5.85. The molecule has 0 saturated carbocycles. The van der Waals surface area contributed by atoms with E-state index < -0.39 is 23.3 Å². The molecule has 0 aromatic carbocycles. The van der Waals surface area contributed by atoms with Crippen LogP contribution in [0.15, 0.2) is 9.59 Å². The van der Waals surface area contributed by atoms with Gasteiger partial charge in [-0.3, -0.25) is 19.1 Å². The van der Waals surface area contributed by atoms with E-state index in [0.29, 0.717) is 19.4 Å². The highest BCUT2D eigenvalue weighted by atomic mass is 16.4. The minimum Gasteiger partial charge on any atom is -0.480 e. The van der Waals surface area contributed by atoms with E-state index in [-0.39, 0.29) is 35.9 Å². The van der Waals surface area contributed by atoms with Gasteiger partial charge in [-0.25, -0.2) is 4.79 Å². The Balaban J connectivity index is 2.25. The van der Waals surface area contributed by atoms with E-state index in [0.717, 1.165) is 6.42 Å². The van der Waals surface area contributed by atoms with Crippen molar-refractivity contribution in [3.05, 3.63) is 20.8 Å². The van der Waals surface area contributed by atoms with Crippen molar-refractivity contribution >= 4 is 28.8 Å². The van der Waals surface area contributed by atoms with E-state index in [1.165, 1.54) is 4.57 Å². The first-order valence-corrected chi connectivity index (χ1v) is 8.53. The molecular formula is C15H24N8O4. The maximum Gasteiger partial charge on any atom is 0.351 e. The van der Waals surface area contributed by atoms with Gasteiger partial charge < -0.3 is 27.2 Å². The van der Waals surface area contributed by atoms with E-state index in [9.17, 15) is 19.5 Å². The molecule has 12 heteroatoms. The molecule has 1 atom stereocenters. The van der Waals surface area contributed by atoms with Gasteiger partial charge in [-0.15, -0.1) is 0 Å². The van der Waals surface area contributed by atoms with Crippen LogP contribution in [-0.4, -0.2) is 56.8 Å². The quantitative estimate of drug-likeness (QED) is 0.258. The Hall–Kier alpha value is -2.99. The summed E-state index contributed by atoms with van der Waals surface area (Å²) in [7, 11) is 1.57. The van der Waals surface area contributed by atoms with Crippen LogP contribution in [0.4, 0.5) is 11.8 Å². The number of H-pyrrole nitrogens is 1. The van der Waals surface area contributed by atoms with Gasteiger partial charge >= 0.3 is 11.7 Å². The van der Waals surface area contributed by atoms with Gasteiger partial charge in [0.1, 0.15) is 17.2 Å². The molecule has 2 heterocycles. The number of carboxylic acid groups (broad SMARTS) is 1. The summed E-state index contributed by atoms with van der Waals surface area (Å²) < 4.78 is 1.19. The number of aromatic amines is 1. The van der Waals surface area contributed by atoms with Crippen LogP contribution in [0.25, 0.3) is 11.0 Å². The lowest BCUT2D eigenvalue weighted by Crippen LogP contribution is -2.40. The molecular weight excluding hydrogens is 356 g/mol. The summed E-state index contributed by atoms with van der Waals surface area (Å²) in [5, 5.41) is 14.9. The van der Waals surface area contributed by atoms with Crippen molar-refractivity contribution in [1.82, 2.24) is 24.8 Å². The standard InChI is InChI=1S/C15H24N8O4/c1-18-14-21-11-9(12(24)22-14)10(17)20-15(27)23(11)7-6-19-8(13(25)26)4-2-3-5-16/h8,19H,2-7,16H2,1H3,(H,25,26)(H2,17,20,27)(H2,18,21,22,24)/t8-/m0/s1. The van der Waals surface area contributed by atoms with E-state index >= 15 is 0 Å². The van der Waals surface area contributed by atoms with Crippen LogP contribution >= 0.6 is 0 Å². The molecule has 2 aromatic heterocycles. The number of rotatable bonds is 10. The van der Waals surface area contributed by atoms with Gasteiger partial charge in [0, 0.05) is 20.1 Å². The number of hydrogen-bond acceptors (Lipinski definition) is 9. The Labute approximate surface area is 154 Å². The summed E-state index contributed by atoms with van der Waals surface area (Å²) in [6.45, 7) is 0.741. The first-order chi connectivity index (χ1) is 12.9. The molecule has 0 spiro atoms. The average Bonchev–Trinajstić information content (AvgIpc) is 2.61.